The quantitative estimate of drug-likeness (QED) is 0.515. The molecule has 0 saturated carbocycles. The van der Waals surface area contributed by atoms with Crippen molar-refractivity contribution in [2.75, 3.05) is 14.2 Å². The van der Waals surface area contributed by atoms with E-state index in [1.165, 1.54) is 30.2 Å². The van der Waals surface area contributed by atoms with Crippen molar-refractivity contribution in [1.29, 1.82) is 0 Å². The number of phenols is 2. The molecule has 0 aliphatic heterocycles. The number of rotatable bonds is 6. The van der Waals surface area contributed by atoms with Crippen LogP contribution in [0.1, 0.15) is 18.4 Å². The molecule has 116 valence electrons. The molecule has 7 heteroatoms. The highest BCUT2D eigenvalue weighted by Crippen LogP contribution is 2.23. The van der Waals surface area contributed by atoms with Gasteiger partial charge in [0.05, 0.1) is 13.5 Å². The zero-order chi connectivity index (χ0) is 16.0. The van der Waals surface area contributed by atoms with Crippen LogP contribution >= 0.6 is 0 Å². The molecular weight excluding hydrogens is 276 g/mol. The summed E-state index contributed by atoms with van der Waals surface area (Å²) in [5.41, 5.74) is 6.12. The smallest absolute Gasteiger partial charge is 0.307 e. The van der Waals surface area contributed by atoms with Gasteiger partial charge in [-0.05, 0) is 18.2 Å². The van der Waals surface area contributed by atoms with E-state index in [0.717, 1.165) is 0 Å². The van der Waals surface area contributed by atoms with Crippen molar-refractivity contribution in [2.24, 2.45) is 5.73 Å². The summed E-state index contributed by atoms with van der Waals surface area (Å²) in [7, 11) is 2.81. The fourth-order valence-electron chi connectivity index (χ4n) is 1.79. The maximum Gasteiger partial charge on any atom is 0.307 e. The lowest BCUT2D eigenvalue weighted by Gasteiger charge is -2.20. The number of benzene rings is 1. The average Bonchev–Trinajstić information content (AvgIpc) is 2.42. The number of ether oxygens (including phenoxy) is 1. The highest BCUT2D eigenvalue weighted by atomic mass is 16.5. The molecule has 0 heterocycles. The van der Waals surface area contributed by atoms with Crippen molar-refractivity contribution < 1.29 is 24.5 Å². The predicted octanol–water partition coefficient (Wildman–Crippen LogP) is 0.337. The van der Waals surface area contributed by atoms with Crippen molar-refractivity contribution in [3.05, 3.63) is 23.8 Å². The number of aromatic hydroxyl groups is 2. The van der Waals surface area contributed by atoms with Crippen LogP contribution in [-0.2, 0) is 20.9 Å². The molecular formula is C14H20N2O5. The molecule has 1 atom stereocenters. The number of hydrogen-bond acceptors (Lipinski definition) is 6. The first-order valence-corrected chi connectivity index (χ1v) is 6.40. The molecule has 1 aromatic carbocycles. The molecule has 0 spiro atoms. The van der Waals surface area contributed by atoms with E-state index in [2.05, 4.69) is 4.74 Å². The summed E-state index contributed by atoms with van der Waals surface area (Å²) < 4.78 is 4.48. The van der Waals surface area contributed by atoms with Crippen LogP contribution in [0.25, 0.3) is 0 Å². The van der Waals surface area contributed by atoms with Crippen molar-refractivity contribution in [2.45, 2.75) is 25.4 Å². The number of phenolic OH excluding ortho intramolecular Hbond substituents is 2. The predicted molar refractivity (Wildman–Crippen MR) is 75.5 cm³/mol. The minimum Gasteiger partial charge on any atom is -0.508 e. The van der Waals surface area contributed by atoms with Gasteiger partial charge in [0, 0.05) is 31.6 Å². The summed E-state index contributed by atoms with van der Waals surface area (Å²) in [6, 6.07) is 3.47. The first kappa shape index (κ1) is 16.8. The minimum atomic E-state index is -0.620. The number of carbonyl (C=O) groups is 2. The molecule has 21 heavy (non-hydrogen) atoms. The fraction of sp³-hybridized carbons (Fsp3) is 0.429. The maximum absolute atomic E-state index is 12.0. The third-order valence-corrected chi connectivity index (χ3v) is 2.99. The lowest BCUT2D eigenvalue weighted by Crippen LogP contribution is -2.34. The second-order valence-corrected chi connectivity index (χ2v) is 4.81. The van der Waals surface area contributed by atoms with Gasteiger partial charge in [-0.2, -0.15) is 0 Å². The van der Waals surface area contributed by atoms with E-state index >= 15 is 0 Å². The Morgan fingerprint density at radius 2 is 2.00 bits per heavy atom. The molecule has 1 amide bonds. The zero-order valence-electron chi connectivity index (χ0n) is 12.1. The zero-order valence-corrected chi connectivity index (χ0v) is 12.1. The van der Waals surface area contributed by atoms with Crippen LogP contribution in [0.2, 0.25) is 0 Å². The number of amides is 1. The van der Waals surface area contributed by atoms with Crippen molar-refractivity contribution in [1.82, 2.24) is 4.90 Å². The SMILES string of the molecule is COC(=O)C[C@@H](N)CC(=O)N(C)Cc1cc(O)ccc1O. The maximum atomic E-state index is 12.0. The third kappa shape index (κ3) is 5.31. The first-order valence-electron chi connectivity index (χ1n) is 6.40. The number of nitrogens with zero attached hydrogens (tertiary/aromatic N) is 1. The second kappa shape index (κ2) is 7.49. The van der Waals surface area contributed by atoms with Crippen LogP contribution in [0.3, 0.4) is 0 Å². The molecule has 0 unspecified atom stereocenters. The molecule has 1 rings (SSSR count). The number of nitrogens with two attached hydrogens (primary N) is 1. The molecule has 0 bridgehead atoms. The monoisotopic (exact) mass is 296 g/mol. The second-order valence-electron chi connectivity index (χ2n) is 4.81. The van der Waals surface area contributed by atoms with Gasteiger partial charge in [0.2, 0.25) is 5.91 Å². The molecule has 0 aliphatic carbocycles. The standard InChI is InChI=1S/C14H20N2O5/c1-16(8-9-5-11(17)3-4-12(9)18)13(19)6-10(15)7-14(20)21-2/h3-5,10,17-18H,6-8,15H2,1-2H3/t10-/m0/s1. The topological polar surface area (TPSA) is 113 Å². The highest BCUT2D eigenvalue weighted by Gasteiger charge is 2.18. The van der Waals surface area contributed by atoms with Crippen molar-refractivity contribution >= 4 is 11.9 Å². The minimum absolute atomic E-state index is 0.00559. The van der Waals surface area contributed by atoms with Gasteiger partial charge in [0.15, 0.2) is 0 Å². The van der Waals surface area contributed by atoms with E-state index in [1.54, 1.807) is 7.05 Å². The summed E-state index contributed by atoms with van der Waals surface area (Å²) in [4.78, 5) is 24.4. The molecule has 0 aromatic heterocycles. The average molecular weight is 296 g/mol. The summed E-state index contributed by atoms with van der Waals surface area (Å²) in [6.07, 6.45) is -0.0430. The largest absolute Gasteiger partial charge is 0.508 e. The van der Waals surface area contributed by atoms with E-state index in [-0.39, 0.29) is 36.8 Å². The Labute approximate surface area is 122 Å². The normalized spacial score (nSPS) is 11.8. The van der Waals surface area contributed by atoms with E-state index in [1.807, 2.05) is 0 Å². The van der Waals surface area contributed by atoms with Gasteiger partial charge >= 0.3 is 5.97 Å². The number of methoxy groups -OCH3 is 1. The molecule has 7 nitrogen and oxygen atoms in total. The molecule has 0 fully saturated rings. The van der Waals surface area contributed by atoms with E-state index in [0.29, 0.717) is 5.56 Å². The van der Waals surface area contributed by atoms with Crippen LogP contribution in [-0.4, -0.2) is 47.2 Å². The van der Waals surface area contributed by atoms with Gasteiger partial charge in [-0.3, -0.25) is 9.59 Å². The Hall–Kier alpha value is -2.28. The van der Waals surface area contributed by atoms with Gasteiger partial charge < -0.3 is 25.6 Å². The van der Waals surface area contributed by atoms with Crippen molar-refractivity contribution in [3.63, 3.8) is 0 Å². The molecule has 4 N–H and O–H groups in total. The summed E-state index contributed by atoms with van der Waals surface area (Å²) >= 11 is 0. The summed E-state index contributed by atoms with van der Waals surface area (Å²) in [5, 5.41) is 19.0. The highest BCUT2D eigenvalue weighted by molar-refractivity contribution is 5.78. The van der Waals surface area contributed by atoms with Crippen LogP contribution in [0.5, 0.6) is 11.5 Å². The molecule has 1 aromatic rings. The number of carbonyl (C=O) groups excluding carboxylic acids is 2. The van der Waals surface area contributed by atoms with Gasteiger partial charge in [0.25, 0.3) is 0 Å². The Kier molecular flexibility index (Phi) is 5.98. The Morgan fingerprint density at radius 3 is 2.62 bits per heavy atom. The van der Waals surface area contributed by atoms with Crippen LogP contribution in [0, 0.1) is 0 Å². The Bertz CT molecular complexity index is 518. The van der Waals surface area contributed by atoms with Crippen LogP contribution < -0.4 is 5.73 Å². The molecule has 0 aliphatic rings. The van der Waals surface area contributed by atoms with Gasteiger partial charge in [-0.25, -0.2) is 0 Å². The van der Waals surface area contributed by atoms with E-state index < -0.39 is 12.0 Å². The number of esters is 1. The van der Waals surface area contributed by atoms with E-state index in [4.69, 9.17) is 5.73 Å². The fourth-order valence-corrected chi connectivity index (χ4v) is 1.79. The van der Waals surface area contributed by atoms with Crippen LogP contribution in [0.4, 0.5) is 0 Å². The Balaban J connectivity index is 2.58. The van der Waals surface area contributed by atoms with E-state index in [9.17, 15) is 19.8 Å². The van der Waals surface area contributed by atoms with Crippen LogP contribution in [0.15, 0.2) is 18.2 Å². The van der Waals surface area contributed by atoms with Gasteiger partial charge in [-0.1, -0.05) is 0 Å². The molecule has 0 saturated heterocycles. The summed E-state index contributed by atoms with van der Waals surface area (Å²) in [5.74, 6) is -0.741. The first-order chi connectivity index (χ1) is 9.83. The van der Waals surface area contributed by atoms with Gasteiger partial charge in [-0.15, -0.1) is 0 Å². The number of hydrogen-bond donors (Lipinski definition) is 3. The lowest BCUT2D eigenvalue weighted by molar-refractivity contribution is -0.141. The van der Waals surface area contributed by atoms with Crippen molar-refractivity contribution in [3.8, 4) is 11.5 Å². The summed E-state index contributed by atoms with van der Waals surface area (Å²) in [6.45, 7) is 0.129. The lowest BCUT2D eigenvalue weighted by atomic mass is 10.1. The Morgan fingerprint density at radius 1 is 1.33 bits per heavy atom. The third-order valence-electron chi connectivity index (χ3n) is 2.99. The van der Waals surface area contributed by atoms with Gasteiger partial charge in [0.1, 0.15) is 11.5 Å². The molecule has 0 radical (unpaired) electrons.